The van der Waals surface area contributed by atoms with Gasteiger partial charge >= 0.3 is 0 Å². The summed E-state index contributed by atoms with van der Waals surface area (Å²) >= 11 is 0. The summed E-state index contributed by atoms with van der Waals surface area (Å²) in [4.78, 5) is 17.3. The van der Waals surface area contributed by atoms with Gasteiger partial charge in [-0.2, -0.15) is 0 Å². The van der Waals surface area contributed by atoms with Crippen molar-refractivity contribution in [3.8, 4) is 0 Å². The number of pyridine rings is 1. The van der Waals surface area contributed by atoms with Crippen molar-refractivity contribution >= 4 is 11.6 Å². The summed E-state index contributed by atoms with van der Waals surface area (Å²) in [6, 6.07) is 1.84. The number of hydrogen-bond acceptors (Lipinski definition) is 3. The third kappa shape index (κ3) is 1.48. The highest BCUT2D eigenvalue weighted by molar-refractivity contribution is 5.95. The van der Waals surface area contributed by atoms with Gasteiger partial charge in [0.25, 0.3) is 0 Å². The minimum absolute atomic E-state index is 0.0162. The van der Waals surface area contributed by atoms with Gasteiger partial charge in [0.05, 0.1) is 13.0 Å². The lowest BCUT2D eigenvalue weighted by atomic mass is 10.2. The monoisotopic (exact) mass is 192 g/mol. The third-order valence-corrected chi connectivity index (χ3v) is 2.40. The second kappa shape index (κ2) is 3.75. The van der Waals surface area contributed by atoms with Gasteiger partial charge in [-0.3, -0.25) is 9.78 Å². The fourth-order valence-electron chi connectivity index (χ4n) is 1.72. The van der Waals surface area contributed by atoms with E-state index in [9.17, 15) is 4.79 Å². The maximum Gasteiger partial charge on any atom is 0.229 e. The lowest BCUT2D eigenvalue weighted by molar-refractivity contribution is -0.119. The number of anilines is 1. The van der Waals surface area contributed by atoms with E-state index in [1.54, 1.807) is 17.3 Å². The Bertz CT molecular complexity index is 352. The molecule has 1 aliphatic heterocycles. The van der Waals surface area contributed by atoms with E-state index < -0.39 is 0 Å². The van der Waals surface area contributed by atoms with Crippen molar-refractivity contribution in [3.05, 3.63) is 24.0 Å². The van der Waals surface area contributed by atoms with Gasteiger partial charge in [-0.05, 0) is 18.1 Å². The Morgan fingerprint density at radius 2 is 2.50 bits per heavy atom. The Hall–Kier alpha value is -1.42. The zero-order chi connectivity index (χ0) is 9.97. The largest absolute Gasteiger partial charge is 0.396 e. The summed E-state index contributed by atoms with van der Waals surface area (Å²) in [7, 11) is 0. The molecule has 2 heterocycles. The minimum Gasteiger partial charge on any atom is -0.396 e. The highest BCUT2D eigenvalue weighted by atomic mass is 16.3. The number of hydrogen-bond donors (Lipinski definition) is 1. The van der Waals surface area contributed by atoms with Crippen LogP contribution in [0.25, 0.3) is 0 Å². The molecule has 1 aromatic rings. The maximum absolute atomic E-state index is 11.6. The fourth-order valence-corrected chi connectivity index (χ4v) is 1.72. The van der Waals surface area contributed by atoms with Crippen LogP contribution in [0.3, 0.4) is 0 Å². The van der Waals surface area contributed by atoms with Crippen LogP contribution in [0.4, 0.5) is 5.69 Å². The van der Waals surface area contributed by atoms with E-state index in [2.05, 4.69) is 4.98 Å². The van der Waals surface area contributed by atoms with Gasteiger partial charge in [-0.15, -0.1) is 0 Å². The lowest BCUT2D eigenvalue weighted by Gasteiger charge is -2.16. The van der Waals surface area contributed by atoms with E-state index in [0.29, 0.717) is 6.54 Å². The van der Waals surface area contributed by atoms with Gasteiger partial charge in [0.1, 0.15) is 0 Å². The number of fused-ring (bicyclic) bond motifs is 1. The molecule has 0 spiro atoms. The van der Waals surface area contributed by atoms with E-state index in [4.69, 9.17) is 5.11 Å². The highest BCUT2D eigenvalue weighted by Crippen LogP contribution is 2.26. The van der Waals surface area contributed by atoms with Crippen molar-refractivity contribution in [2.24, 2.45) is 0 Å². The summed E-state index contributed by atoms with van der Waals surface area (Å²) in [5.41, 5.74) is 2.05. The van der Waals surface area contributed by atoms with Gasteiger partial charge < -0.3 is 10.0 Å². The Morgan fingerprint density at radius 3 is 3.29 bits per heavy atom. The highest BCUT2D eigenvalue weighted by Gasteiger charge is 2.23. The van der Waals surface area contributed by atoms with Crippen LogP contribution >= 0.6 is 0 Å². The SMILES string of the molecule is O=C(CCO)N1CCc2cnccc21. The smallest absolute Gasteiger partial charge is 0.229 e. The minimum atomic E-state index is -0.0875. The van der Waals surface area contributed by atoms with Gasteiger partial charge in [-0.1, -0.05) is 0 Å². The number of aliphatic hydroxyl groups excluding tert-OH is 1. The van der Waals surface area contributed by atoms with E-state index in [0.717, 1.165) is 17.7 Å². The van der Waals surface area contributed by atoms with Crippen LogP contribution < -0.4 is 4.90 Å². The zero-order valence-corrected chi connectivity index (χ0v) is 7.81. The van der Waals surface area contributed by atoms with Crippen molar-refractivity contribution in [1.82, 2.24) is 4.98 Å². The molecule has 0 aromatic carbocycles. The molecule has 4 heteroatoms. The summed E-state index contributed by atoms with van der Waals surface area (Å²) < 4.78 is 0. The van der Waals surface area contributed by atoms with Gasteiger partial charge in [-0.25, -0.2) is 0 Å². The Labute approximate surface area is 82.2 Å². The molecular weight excluding hydrogens is 180 g/mol. The number of carbonyl (C=O) groups excluding carboxylic acids is 1. The van der Waals surface area contributed by atoms with Crippen LogP contribution in [0.1, 0.15) is 12.0 Å². The topological polar surface area (TPSA) is 53.4 Å². The number of aromatic nitrogens is 1. The summed E-state index contributed by atoms with van der Waals surface area (Å²) in [6.07, 6.45) is 4.53. The van der Waals surface area contributed by atoms with E-state index in [-0.39, 0.29) is 18.9 Å². The number of amides is 1. The Kier molecular flexibility index (Phi) is 2.45. The number of carbonyl (C=O) groups is 1. The molecule has 0 fully saturated rings. The molecule has 0 aliphatic carbocycles. The first kappa shape index (κ1) is 9.15. The van der Waals surface area contributed by atoms with Crippen molar-refractivity contribution < 1.29 is 9.90 Å². The van der Waals surface area contributed by atoms with E-state index in [1.165, 1.54) is 0 Å². The zero-order valence-electron chi connectivity index (χ0n) is 7.81. The average Bonchev–Trinajstić information content (AvgIpc) is 2.61. The molecule has 1 aliphatic rings. The average molecular weight is 192 g/mol. The lowest BCUT2D eigenvalue weighted by Crippen LogP contribution is -2.29. The molecule has 0 bridgehead atoms. The second-order valence-corrected chi connectivity index (χ2v) is 3.27. The third-order valence-electron chi connectivity index (χ3n) is 2.40. The number of nitrogens with zero attached hydrogens (tertiary/aromatic N) is 2. The van der Waals surface area contributed by atoms with Crippen LogP contribution in [0.5, 0.6) is 0 Å². The summed E-state index contributed by atoms with van der Waals surface area (Å²) in [6.45, 7) is 0.621. The van der Waals surface area contributed by atoms with Crippen molar-refractivity contribution in [1.29, 1.82) is 0 Å². The van der Waals surface area contributed by atoms with E-state index in [1.807, 2.05) is 6.07 Å². The predicted octanol–water partition coefficient (Wildman–Crippen LogP) is 0.353. The number of aliphatic hydroxyl groups is 1. The number of rotatable bonds is 2. The molecule has 14 heavy (non-hydrogen) atoms. The van der Waals surface area contributed by atoms with Crippen LogP contribution in [0, 0.1) is 0 Å². The quantitative estimate of drug-likeness (QED) is 0.735. The van der Waals surface area contributed by atoms with Gasteiger partial charge in [0.15, 0.2) is 0 Å². The normalized spacial score (nSPS) is 14.2. The first-order valence-corrected chi connectivity index (χ1v) is 4.67. The molecule has 74 valence electrons. The Morgan fingerprint density at radius 1 is 1.64 bits per heavy atom. The Balaban J connectivity index is 2.21. The van der Waals surface area contributed by atoms with Gasteiger partial charge in [0, 0.05) is 24.6 Å². The fraction of sp³-hybridized carbons (Fsp3) is 0.400. The first-order valence-electron chi connectivity index (χ1n) is 4.67. The molecule has 1 amide bonds. The molecule has 1 aromatic heterocycles. The summed E-state index contributed by atoms with van der Waals surface area (Å²) in [5, 5.41) is 8.69. The van der Waals surface area contributed by atoms with Gasteiger partial charge in [0.2, 0.25) is 5.91 Å². The van der Waals surface area contributed by atoms with E-state index >= 15 is 0 Å². The maximum atomic E-state index is 11.6. The second-order valence-electron chi connectivity index (χ2n) is 3.27. The van der Waals surface area contributed by atoms with Crippen LogP contribution in [0.15, 0.2) is 18.5 Å². The summed E-state index contributed by atoms with van der Waals surface area (Å²) in [5.74, 6) is -0.0162. The van der Waals surface area contributed by atoms with Crippen molar-refractivity contribution in [2.45, 2.75) is 12.8 Å². The molecule has 0 saturated carbocycles. The molecule has 4 nitrogen and oxygen atoms in total. The molecule has 0 unspecified atom stereocenters. The van der Waals surface area contributed by atoms with Crippen LogP contribution in [-0.4, -0.2) is 29.1 Å². The molecular formula is C10H12N2O2. The van der Waals surface area contributed by atoms with Crippen molar-refractivity contribution in [2.75, 3.05) is 18.1 Å². The molecule has 0 atom stereocenters. The molecule has 0 radical (unpaired) electrons. The first-order chi connectivity index (χ1) is 6.83. The predicted molar refractivity (Wildman–Crippen MR) is 52.0 cm³/mol. The molecule has 0 saturated heterocycles. The standard InChI is InChI=1S/C10H12N2O2/c13-6-3-10(14)12-5-2-8-7-11-4-1-9(8)12/h1,4,7,13H,2-3,5-6H2. The van der Waals surface area contributed by atoms with Crippen molar-refractivity contribution in [3.63, 3.8) is 0 Å². The van der Waals surface area contributed by atoms with Crippen LogP contribution in [-0.2, 0) is 11.2 Å². The van der Waals surface area contributed by atoms with Crippen LogP contribution in [0.2, 0.25) is 0 Å². The molecule has 1 N–H and O–H groups in total. The molecule has 2 rings (SSSR count).